The van der Waals surface area contributed by atoms with E-state index in [2.05, 4.69) is 13.8 Å². The van der Waals surface area contributed by atoms with Crippen LogP contribution in [0.1, 0.15) is 52.9 Å². The fourth-order valence-electron chi connectivity index (χ4n) is 6.90. The molecule has 0 saturated heterocycles. The Morgan fingerprint density at radius 2 is 1.70 bits per heavy atom. The van der Waals surface area contributed by atoms with Gasteiger partial charge in [0.25, 0.3) is 0 Å². The predicted octanol–water partition coefficient (Wildman–Crippen LogP) is 3.35. The minimum Gasteiger partial charge on any atom is -0.481 e. The third-order valence-corrected chi connectivity index (χ3v) is 7.81. The lowest BCUT2D eigenvalue weighted by Crippen LogP contribution is -2.52. The number of ether oxygens (including phenoxy) is 1. The molecule has 8 atom stereocenters. The molecule has 4 heteroatoms. The minimum absolute atomic E-state index is 0.252. The lowest BCUT2D eigenvalue weighted by atomic mass is 9.63. The maximum Gasteiger partial charge on any atom is 0.320 e. The molecular formula is C19H28O4. The minimum atomic E-state index is -1.09. The zero-order chi connectivity index (χ0) is 16.5. The Morgan fingerprint density at radius 1 is 1.04 bits per heavy atom. The van der Waals surface area contributed by atoms with E-state index >= 15 is 0 Å². The van der Waals surface area contributed by atoms with Crippen molar-refractivity contribution >= 4 is 11.9 Å². The number of hydrogen-bond donors (Lipinski definition) is 1. The Morgan fingerprint density at radius 3 is 2.30 bits per heavy atom. The molecule has 23 heavy (non-hydrogen) atoms. The molecule has 0 aromatic rings. The fraction of sp³-hybridized carbons (Fsp3) is 0.895. The molecule has 0 aromatic carbocycles. The highest BCUT2D eigenvalue weighted by molar-refractivity contribution is 5.93. The van der Waals surface area contributed by atoms with E-state index < -0.39 is 23.5 Å². The van der Waals surface area contributed by atoms with Crippen molar-refractivity contribution in [1.82, 2.24) is 0 Å². The zero-order valence-corrected chi connectivity index (χ0v) is 14.3. The van der Waals surface area contributed by atoms with E-state index in [1.54, 1.807) is 0 Å². The van der Waals surface area contributed by atoms with Crippen LogP contribution < -0.4 is 0 Å². The van der Waals surface area contributed by atoms with Gasteiger partial charge in [0.15, 0.2) is 5.92 Å². The lowest BCUT2D eigenvalue weighted by molar-refractivity contribution is -0.187. The molecule has 4 aliphatic carbocycles. The monoisotopic (exact) mass is 320 g/mol. The molecule has 4 fully saturated rings. The van der Waals surface area contributed by atoms with E-state index in [9.17, 15) is 9.59 Å². The summed E-state index contributed by atoms with van der Waals surface area (Å²) in [5.74, 6) is 2.03. The lowest BCUT2D eigenvalue weighted by Gasteiger charge is -2.48. The fourth-order valence-corrected chi connectivity index (χ4v) is 6.90. The van der Waals surface area contributed by atoms with E-state index in [0.717, 1.165) is 30.1 Å². The van der Waals surface area contributed by atoms with Gasteiger partial charge in [0.1, 0.15) is 5.60 Å². The molecule has 1 N–H and O–H groups in total. The van der Waals surface area contributed by atoms with Gasteiger partial charge in [-0.2, -0.15) is 0 Å². The summed E-state index contributed by atoms with van der Waals surface area (Å²) in [6.45, 7) is 5.72. The van der Waals surface area contributed by atoms with Gasteiger partial charge in [-0.3, -0.25) is 9.59 Å². The van der Waals surface area contributed by atoms with Crippen molar-refractivity contribution in [3.05, 3.63) is 0 Å². The van der Waals surface area contributed by atoms with Crippen molar-refractivity contribution in [1.29, 1.82) is 0 Å². The molecule has 0 heterocycles. The number of carboxylic acid groups (broad SMARTS) is 1. The van der Waals surface area contributed by atoms with Crippen molar-refractivity contribution in [3.8, 4) is 0 Å². The first kappa shape index (κ1) is 15.5. The summed E-state index contributed by atoms with van der Waals surface area (Å²) in [6, 6.07) is 0. The molecule has 0 radical (unpaired) electrons. The highest BCUT2D eigenvalue weighted by Gasteiger charge is 2.69. The third-order valence-electron chi connectivity index (χ3n) is 7.81. The molecule has 0 amide bonds. The highest BCUT2D eigenvalue weighted by atomic mass is 16.6. The number of rotatable bonds is 4. The second-order valence-electron chi connectivity index (χ2n) is 8.88. The van der Waals surface area contributed by atoms with Gasteiger partial charge in [0, 0.05) is 5.92 Å². The highest BCUT2D eigenvalue weighted by Crippen LogP contribution is 2.71. The molecule has 8 unspecified atom stereocenters. The van der Waals surface area contributed by atoms with Crippen molar-refractivity contribution in [2.24, 2.45) is 47.3 Å². The summed E-state index contributed by atoms with van der Waals surface area (Å²) in [6.07, 6.45) is 6.28. The number of hydrogen-bond acceptors (Lipinski definition) is 3. The van der Waals surface area contributed by atoms with Gasteiger partial charge in [-0.25, -0.2) is 0 Å². The van der Waals surface area contributed by atoms with Gasteiger partial charge in [-0.05, 0) is 74.5 Å². The van der Waals surface area contributed by atoms with Crippen LogP contribution in [0.4, 0.5) is 0 Å². The van der Waals surface area contributed by atoms with E-state index in [4.69, 9.17) is 9.84 Å². The second kappa shape index (κ2) is 4.97. The SMILES string of the molecule is CC(C(=O)O)C(=O)OC1(C(C)C)CC2CC1C1C3CCC(C3)C21. The maximum atomic E-state index is 12.4. The van der Waals surface area contributed by atoms with E-state index in [-0.39, 0.29) is 5.92 Å². The first-order valence-corrected chi connectivity index (χ1v) is 9.30. The standard InChI is InChI=1S/C19H28O4/c1-9(2)19(23-18(22)10(3)17(20)21)8-13-7-14(19)16-12-5-4-11(6-12)15(13)16/h9-16H,4-8H2,1-3H3,(H,20,21). The van der Waals surface area contributed by atoms with Crippen LogP contribution in [0.3, 0.4) is 0 Å². The van der Waals surface area contributed by atoms with Crippen LogP contribution in [-0.2, 0) is 14.3 Å². The summed E-state index contributed by atoms with van der Waals surface area (Å²) in [4.78, 5) is 23.5. The van der Waals surface area contributed by atoms with Crippen LogP contribution >= 0.6 is 0 Å². The average Bonchev–Trinajstić information content (AvgIpc) is 3.23. The van der Waals surface area contributed by atoms with E-state index in [1.807, 2.05) is 0 Å². The Hall–Kier alpha value is -1.06. The molecule has 4 bridgehead atoms. The first-order chi connectivity index (χ1) is 10.8. The van der Waals surface area contributed by atoms with Gasteiger partial charge in [0.2, 0.25) is 0 Å². The summed E-state index contributed by atoms with van der Waals surface area (Å²) < 4.78 is 6.01. The number of fused-ring (bicyclic) bond motifs is 9. The smallest absolute Gasteiger partial charge is 0.320 e. The van der Waals surface area contributed by atoms with Crippen molar-refractivity contribution < 1.29 is 19.4 Å². The number of aliphatic carboxylic acids is 1. The number of carbonyl (C=O) groups excluding carboxylic acids is 1. The van der Waals surface area contributed by atoms with Crippen LogP contribution in [-0.4, -0.2) is 22.6 Å². The molecule has 0 aromatic heterocycles. The van der Waals surface area contributed by atoms with E-state index in [1.165, 1.54) is 32.6 Å². The predicted molar refractivity (Wildman–Crippen MR) is 84.5 cm³/mol. The zero-order valence-electron chi connectivity index (χ0n) is 14.3. The molecule has 128 valence electrons. The number of esters is 1. The van der Waals surface area contributed by atoms with Crippen molar-refractivity contribution in [2.45, 2.75) is 58.5 Å². The molecule has 0 aliphatic heterocycles. The molecule has 4 rings (SSSR count). The van der Waals surface area contributed by atoms with Gasteiger partial charge in [-0.1, -0.05) is 13.8 Å². The Bertz CT molecular complexity index is 541. The van der Waals surface area contributed by atoms with Crippen LogP contribution in [0, 0.1) is 47.3 Å². The van der Waals surface area contributed by atoms with Gasteiger partial charge in [-0.15, -0.1) is 0 Å². The quantitative estimate of drug-likeness (QED) is 0.490. The Labute approximate surface area is 138 Å². The summed E-state index contributed by atoms with van der Waals surface area (Å²) in [5, 5.41) is 9.12. The Kier molecular flexibility index (Phi) is 3.34. The third kappa shape index (κ3) is 1.96. The first-order valence-electron chi connectivity index (χ1n) is 9.30. The van der Waals surface area contributed by atoms with Gasteiger partial charge in [0.05, 0.1) is 0 Å². The molecule has 4 aliphatic rings. The number of carboxylic acids is 1. The summed E-state index contributed by atoms with van der Waals surface area (Å²) in [7, 11) is 0. The second-order valence-corrected chi connectivity index (χ2v) is 8.88. The van der Waals surface area contributed by atoms with Crippen LogP contribution in [0.25, 0.3) is 0 Å². The molecular weight excluding hydrogens is 292 g/mol. The van der Waals surface area contributed by atoms with Crippen molar-refractivity contribution in [3.63, 3.8) is 0 Å². The Balaban J connectivity index is 1.61. The molecule has 4 saturated carbocycles. The topological polar surface area (TPSA) is 63.6 Å². The number of carbonyl (C=O) groups is 2. The largest absolute Gasteiger partial charge is 0.481 e. The summed E-state index contributed by atoms with van der Waals surface area (Å²) >= 11 is 0. The normalized spacial score (nSPS) is 47.8. The molecule has 4 nitrogen and oxygen atoms in total. The van der Waals surface area contributed by atoms with Crippen LogP contribution in [0.15, 0.2) is 0 Å². The van der Waals surface area contributed by atoms with Gasteiger partial charge >= 0.3 is 11.9 Å². The summed E-state index contributed by atoms with van der Waals surface area (Å²) in [5.41, 5.74) is -0.420. The average molecular weight is 320 g/mol. The van der Waals surface area contributed by atoms with E-state index in [0.29, 0.717) is 11.8 Å². The van der Waals surface area contributed by atoms with Crippen LogP contribution in [0.5, 0.6) is 0 Å². The maximum absolute atomic E-state index is 12.4. The van der Waals surface area contributed by atoms with Crippen LogP contribution in [0.2, 0.25) is 0 Å². The van der Waals surface area contributed by atoms with Crippen molar-refractivity contribution in [2.75, 3.05) is 0 Å². The molecule has 0 spiro atoms. The van der Waals surface area contributed by atoms with Gasteiger partial charge < -0.3 is 9.84 Å².